The van der Waals surface area contributed by atoms with Gasteiger partial charge >= 0.3 is 6.03 Å². The average molecular weight is 512 g/mol. The van der Waals surface area contributed by atoms with Gasteiger partial charge in [-0.2, -0.15) is 0 Å². The van der Waals surface area contributed by atoms with Crippen LogP contribution in [0, 0.1) is 0 Å². The van der Waals surface area contributed by atoms with Crippen LogP contribution in [0.25, 0.3) is 0 Å². The van der Waals surface area contributed by atoms with E-state index in [0.717, 1.165) is 11.1 Å². The van der Waals surface area contributed by atoms with Crippen molar-refractivity contribution in [2.45, 2.75) is 32.1 Å². The quantitative estimate of drug-likeness (QED) is 0.0858. The number of nitrogens with zero attached hydrogens (tertiary/aromatic N) is 1. The van der Waals surface area contributed by atoms with Crippen LogP contribution >= 0.6 is 0 Å². The molecule has 2 aromatic carbocycles. The molecule has 11 nitrogen and oxygen atoms in total. The monoisotopic (exact) mass is 511 g/mol. The van der Waals surface area contributed by atoms with Gasteiger partial charge < -0.3 is 41.9 Å². The molecule has 0 saturated carbocycles. The lowest BCUT2D eigenvalue weighted by atomic mass is 10.1. The SMILES string of the molecule is C=C(NC/C(N)=C/N(N)C(CCCNC(N)=O)C(=O)Nc1ccc(COC)cc1)OCc1ccccc1. The number of carbonyl (C=O) groups excluding carboxylic acids is 2. The molecule has 0 bridgehead atoms. The third kappa shape index (κ3) is 11.4. The van der Waals surface area contributed by atoms with Crippen molar-refractivity contribution in [3.05, 3.63) is 90.1 Å². The van der Waals surface area contributed by atoms with Crippen molar-refractivity contribution >= 4 is 17.6 Å². The fourth-order valence-corrected chi connectivity index (χ4v) is 3.32. The second-order valence-electron chi connectivity index (χ2n) is 8.27. The summed E-state index contributed by atoms with van der Waals surface area (Å²) in [5, 5.41) is 9.61. The van der Waals surface area contributed by atoms with Crippen molar-refractivity contribution < 1.29 is 19.1 Å². The van der Waals surface area contributed by atoms with E-state index in [4.69, 9.17) is 26.8 Å². The normalized spacial score (nSPS) is 11.8. The Bertz CT molecular complexity index is 1030. The molecule has 2 aromatic rings. The largest absolute Gasteiger partial charge is 0.475 e. The Morgan fingerprint density at radius 2 is 1.70 bits per heavy atom. The van der Waals surface area contributed by atoms with E-state index in [1.165, 1.54) is 11.2 Å². The van der Waals surface area contributed by atoms with E-state index in [2.05, 4.69) is 22.5 Å². The molecule has 9 N–H and O–H groups in total. The molecule has 0 fully saturated rings. The van der Waals surface area contributed by atoms with Crippen LogP contribution in [-0.4, -0.2) is 43.2 Å². The Morgan fingerprint density at radius 3 is 2.35 bits per heavy atom. The fraction of sp³-hybridized carbons (Fsp3) is 0.308. The van der Waals surface area contributed by atoms with Crippen molar-refractivity contribution in [1.82, 2.24) is 15.6 Å². The van der Waals surface area contributed by atoms with E-state index in [9.17, 15) is 9.59 Å². The van der Waals surface area contributed by atoms with Crippen LogP contribution in [0.5, 0.6) is 0 Å². The lowest BCUT2D eigenvalue weighted by Gasteiger charge is -2.26. The second kappa shape index (κ2) is 15.7. The van der Waals surface area contributed by atoms with E-state index in [1.54, 1.807) is 19.2 Å². The predicted octanol–water partition coefficient (Wildman–Crippen LogP) is 1.84. The van der Waals surface area contributed by atoms with Gasteiger partial charge in [0.05, 0.1) is 13.2 Å². The lowest BCUT2D eigenvalue weighted by molar-refractivity contribution is -0.120. The van der Waals surface area contributed by atoms with Crippen molar-refractivity contribution in [2.24, 2.45) is 17.3 Å². The highest BCUT2D eigenvalue weighted by Crippen LogP contribution is 2.13. The number of hydrogen-bond acceptors (Lipinski definition) is 8. The maximum absolute atomic E-state index is 13.1. The number of hydrogen-bond donors (Lipinski definition) is 6. The highest BCUT2D eigenvalue weighted by molar-refractivity contribution is 5.94. The number of methoxy groups -OCH3 is 1. The Balaban J connectivity index is 1.95. The summed E-state index contributed by atoms with van der Waals surface area (Å²) < 4.78 is 10.7. The van der Waals surface area contributed by atoms with Crippen LogP contribution in [0.4, 0.5) is 10.5 Å². The summed E-state index contributed by atoms with van der Waals surface area (Å²) in [6.07, 6.45) is 2.29. The summed E-state index contributed by atoms with van der Waals surface area (Å²) in [6.45, 7) is 5.19. The molecule has 0 heterocycles. The Morgan fingerprint density at radius 1 is 1.03 bits per heavy atom. The van der Waals surface area contributed by atoms with Gasteiger partial charge in [0.25, 0.3) is 0 Å². The van der Waals surface area contributed by atoms with Gasteiger partial charge in [0, 0.05) is 31.2 Å². The minimum atomic E-state index is -0.760. The minimum absolute atomic E-state index is 0.208. The summed E-state index contributed by atoms with van der Waals surface area (Å²) in [4.78, 5) is 24.0. The average Bonchev–Trinajstić information content (AvgIpc) is 2.87. The molecule has 0 spiro atoms. The number of nitrogens with two attached hydrogens (primary N) is 3. The van der Waals surface area contributed by atoms with E-state index in [-0.39, 0.29) is 12.5 Å². The standard InChI is InChI=1S/C26H37N7O4/c1-19(37-18-20-7-4-3-5-8-20)31-15-22(27)16-33(29)24(9-6-14-30-26(28)35)25(34)32-23-12-10-21(11-13-23)17-36-2/h3-5,7-8,10-13,16,24,31H,1,6,9,14-15,17-18,27,29H2,2H3,(H,32,34)(H3,28,30,35)/b22-16-. The molecule has 1 atom stereocenters. The molecule has 0 aliphatic carbocycles. The number of carbonyl (C=O) groups is 2. The Hall–Kier alpha value is -4.22. The number of ether oxygens (including phenoxy) is 2. The maximum atomic E-state index is 13.1. The van der Waals surface area contributed by atoms with Gasteiger partial charge in [0.1, 0.15) is 12.6 Å². The number of anilines is 1. The number of rotatable bonds is 16. The van der Waals surface area contributed by atoms with Gasteiger partial charge in [-0.1, -0.05) is 42.5 Å². The molecule has 0 radical (unpaired) electrons. The number of nitrogens with one attached hydrogen (secondary N) is 3. The Kier molecular flexibility index (Phi) is 12.3. The number of amides is 3. The fourth-order valence-electron chi connectivity index (χ4n) is 3.32. The van der Waals surface area contributed by atoms with Crippen molar-refractivity contribution in [2.75, 3.05) is 25.5 Å². The summed E-state index contributed by atoms with van der Waals surface area (Å²) in [5.74, 6) is 6.26. The molecule has 0 aliphatic rings. The second-order valence-corrected chi connectivity index (χ2v) is 8.27. The van der Waals surface area contributed by atoms with E-state index in [1.807, 2.05) is 42.5 Å². The minimum Gasteiger partial charge on any atom is -0.475 e. The summed E-state index contributed by atoms with van der Waals surface area (Å²) in [7, 11) is 1.62. The number of urea groups is 1. The van der Waals surface area contributed by atoms with E-state index in [0.29, 0.717) is 49.9 Å². The van der Waals surface area contributed by atoms with Gasteiger partial charge in [0.2, 0.25) is 5.91 Å². The summed E-state index contributed by atoms with van der Waals surface area (Å²) >= 11 is 0. The molecular weight excluding hydrogens is 474 g/mol. The summed E-state index contributed by atoms with van der Waals surface area (Å²) in [6, 6.07) is 15.6. The molecule has 200 valence electrons. The summed E-state index contributed by atoms with van der Waals surface area (Å²) in [5.41, 5.74) is 14.2. The third-order valence-electron chi connectivity index (χ3n) is 5.21. The molecule has 0 aliphatic heterocycles. The predicted molar refractivity (Wildman–Crippen MR) is 143 cm³/mol. The first-order valence-electron chi connectivity index (χ1n) is 11.8. The molecule has 37 heavy (non-hydrogen) atoms. The molecule has 0 aromatic heterocycles. The lowest BCUT2D eigenvalue weighted by Crippen LogP contribution is -2.46. The van der Waals surface area contributed by atoms with E-state index < -0.39 is 12.1 Å². The maximum Gasteiger partial charge on any atom is 0.312 e. The highest BCUT2D eigenvalue weighted by atomic mass is 16.5. The van der Waals surface area contributed by atoms with Crippen molar-refractivity contribution in [1.29, 1.82) is 0 Å². The Labute approximate surface area is 217 Å². The molecule has 1 unspecified atom stereocenters. The molecule has 0 saturated heterocycles. The number of primary amides is 1. The van der Waals surface area contributed by atoms with Crippen LogP contribution in [0.3, 0.4) is 0 Å². The molecule has 3 amide bonds. The zero-order valence-electron chi connectivity index (χ0n) is 21.1. The van der Waals surface area contributed by atoms with Crippen LogP contribution in [0.15, 0.2) is 79.0 Å². The first-order chi connectivity index (χ1) is 17.8. The number of benzene rings is 2. The van der Waals surface area contributed by atoms with Crippen LogP contribution in [-0.2, 0) is 27.5 Å². The van der Waals surface area contributed by atoms with Crippen LogP contribution in [0.2, 0.25) is 0 Å². The molecule has 11 heteroatoms. The number of hydrazine groups is 1. The zero-order valence-corrected chi connectivity index (χ0v) is 21.1. The highest BCUT2D eigenvalue weighted by Gasteiger charge is 2.22. The van der Waals surface area contributed by atoms with E-state index >= 15 is 0 Å². The third-order valence-corrected chi connectivity index (χ3v) is 5.21. The van der Waals surface area contributed by atoms with Crippen molar-refractivity contribution in [3.8, 4) is 0 Å². The van der Waals surface area contributed by atoms with Gasteiger partial charge in [-0.3, -0.25) is 4.79 Å². The van der Waals surface area contributed by atoms with Gasteiger partial charge in [-0.15, -0.1) is 0 Å². The topological polar surface area (TPSA) is 170 Å². The van der Waals surface area contributed by atoms with Gasteiger partial charge in [0.15, 0.2) is 5.88 Å². The van der Waals surface area contributed by atoms with Gasteiger partial charge in [-0.25, -0.2) is 10.6 Å². The van der Waals surface area contributed by atoms with Crippen LogP contribution in [0.1, 0.15) is 24.0 Å². The van der Waals surface area contributed by atoms with Gasteiger partial charge in [-0.05, 0) is 42.7 Å². The first-order valence-corrected chi connectivity index (χ1v) is 11.8. The smallest absolute Gasteiger partial charge is 0.312 e. The molecular formula is C26H37N7O4. The zero-order chi connectivity index (χ0) is 27.0. The van der Waals surface area contributed by atoms with Crippen molar-refractivity contribution in [3.63, 3.8) is 0 Å². The van der Waals surface area contributed by atoms with Crippen LogP contribution < -0.4 is 33.3 Å². The first kappa shape index (κ1) is 29.0. The molecule has 2 rings (SSSR count).